The molecule has 1 aromatic carbocycles. The van der Waals surface area contributed by atoms with Crippen LogP contribution < -0.4 is 0 Å². The van der Waals surface area contributed by atoms with Crippen LogP contribution in [0.25, 0.3) is 0 Å². The van der Waals surface area contributed by atoms with Crippen molar-refractivity contribution in [3.05, 3.63) is 35.9 Å². The Kier molecular flexibility index (Phi) is 3.40. The Hall–Kier alpha value is -0.430. The zero-order valence-corrected chi connectivity index (χ0v) is 10.0. The van der Waals surface area contributed by atoms with Crippen molar-refractivity contribution in [2.75, 3.05) is 19.7 Å². The molecule has 15 heavy (non-hydrogen) atoms. The minimum absolute atomic E-state index is 0.00562. The van der Waals surface area contributed by atoms with Gasteiger partial charge in [0, 0.05) is 18.5 Å². The predicted molar refractivity (Wildman–Crippen MR) is 65.7 cm³/mol. The number of aliphatic hydroxyl groups is 1. The molecule has 0 radical (unpaired) electrons. The van der Waals surface area contributed by atoms with E-state index in [4.69, 9.17) is 0 Å². The zero-order chi connectivity index (χ0) is 10.7. The highest BCUT2D eigenvalue weighted by molar-refractivity contribution is 7.13. The highest BCUT2D eigenvalue weighted by Crippen LogP contribution is 2.35. The Morgan fingerprint density at radius 1 is 1.20 bits per heavy atom. The average molecular weight is 223 g/mol. The summed E-state index contributed by atoms with van der Waals surface area (Å²) in [5.41, 5.74) is 1.28. The fraction of sp³-hybridized carbons (Fsp3) is 0.500. The van der Waals surface area contributed by atoms with Crippen LogP contribution in [0.5, 0.6) is 0 Å². The molecule has 0 bridgehead atoms. The first-order valence-corrected chi connectivity index (χ1v) is 5.94. The summed E-state index contributed by atoms with van der Waals surface area (Å²) < 4.78 is 2.25. The third kappa shape index (κ3) is 2.23. The second kappa shape index (κ2) is 4.61. The molecule has 1 unspecified atom stereocenters. The standard InChI is InChI=1S/C12H18NOP/c14-10-12(6-8-13(15)9-7-12)11-4-2-1-3-5-11/h1-5,14H,6-10,15H2. The molecule has 1 fully saturated rings. The van der Waals surface area contributed by atoms with E-state index >= 15 is 0 Å². The molecule has 0 aromatic heterocycles. The van der Waals surface area contributed by atoms with Crippen LogP contribution in [0.3, 0.4) is 0 Å². The first kappa shape index (κ1) is 11.1. The van der Waals surface area contributed by atoms with E-state index in [1.807, 2.05) is 6.07 Å². The minimum Gasteiger partial charge on any atom is -0.395 e. The molecule has 1 atom stereocenters. The molecule has 3 heteroatoms. The lowest BCUT2D eigenvalue weighted by Gasteiger charge is -2.39. The van der Waals surface area contributed by atoms with Gasteiger partial charge in [0.2, 0.25) is 0 Å². The van der Waals surface area contributed by atoms with E-state index in [2.05, 4.69) is 38.3 Å². The number of hydrogen-bond donors (Lipinski definition) is 1. The predicted octanol–water partition coefficient (Wildman–Crippen LogP) is 1.80. The molecular weight excluding hydrogens is 205 g/mol. The third-order valence-corrected chi connectivity index (χ3v) is 3.96. The second-order valence-electron chi connectivity index (χ2n) is 4.34. The van der Waals surface area contributed by atoms with Crippen molar-refractivity contribution in [1.82, 2.24) is 4.67 Å². The molecule has 0 amide bonds. The lowest BCUT2D eigenvalue weighted by molar-refractivity contribution is 0.137. The van der Waals surface area contributed by atoms with E-state index in [1.165, 1.54) is 5.56 Å². The Morgan fingerprint density at radius 2 is 1.80 bits per heavy atom. The van der Waals surface area contributed by atoms with Gasteiger partial charge in [0.1, 0.15) is 0 Å². The van der Waals surface area contributed by atoms with Gasteiger partial charge in [-0.25, -0.2) is 0 Å². The van der Waals surface area contributed by atoms with Crippen molar-refractivity contribution in [3.8, 4) is 0 Å². The van der Waals surface area contributed by atoms with Gasteiger partial charge in [0.05, 0.1) is 6.61 Å². The van der Waals surface area contributed by atoms with Gasteiger partial charge in [-0.1, -0.05) is 39.7 Å². The number of nitrogens with zero attached hydrogens (tertiary/aromatic N) is 1. The van der Waals surface area contributed by atoms with Crippen LogP contribution in [0, 0.1) is 0 Å². The van der Waals surface area contributed by atoms with E-state index in [9.17, 15) is 5.11 Å². The number of hydrogen-bond acceptors (Lipinski definition) is 2. The van der Waals surface area contributed by atoms with Gasteiger partial charge < -0.3 is 5.11 Å². The molecule has 1 aliphatic heterocycles. The minimum atomic E-state index is -0.00562. The van der Waals surface area contributed by atoms with E-state index in [0.29, 0.717) is 0 Å². The van der Waals surface area contributed by atoms with Crippen molar-refractivity contribution in [1.29, 1.82) is 0 Å². The lowest BCUT2D eigenvalue weighted by atomic mass is 9.74. The van der Waals surface area contributed by atoms with E-state index in [1.54, 1.807) is 0 Å². The van der Waals surface area contributed by atoms with E-state index in [0.717, 1.165) is 25.9 Å². The van der Waals surface area contributed by atoms with E-state index in [-0.39, 0.29) is 12.0 Å². The van der Waals surface area contributed by atoms with Crippen LogP contribution in [0.2, 0.25) is 0 Å². The second-order valence-corrected chi connectivity index (χ2v) is 5.07. The first-order valence-electron chi connectivity index (χ1n) is 5.43. The van der Waals surface area contributed by atoms with Gasteiger partial charge in [0.25, 0.3) is 0 Å². The summed E-state index contributed by atoms with van der Waals surface area (Å²) in [6.45, 7) is 2.34. The molecule has 2 rings (SSSR count). The summed E-state index contributed by atoms with van der Waals surface area (Å²) in [4.78, 5) is 0. The largest absolute Gasteiger partial charge is 0.395 e. The number of aliphatic hydroxyl groups excluding tert-OH is 1. The molecule has 1 saturated heterocycles. The maximum atomic E-state index is 9.66. The lowest BCUT2D eigenvalue weighted by Crippen LogP contribution is -2.41. The van der Waals surface area contributed by atoms with Crippen molar-refractivity contribution in [2.24, 2.45) is 0 Å². The molecule has 0 spiro atoms. The summed E-state index contributed by atoms with van der Waals surface area (Å²) in [5, 5.41) is 9.66. The Morgan fingerprint density at radius 3 is 2.33 bits per heavy atom. The summed E-state index contributed by atoms with van der Waals surface area (Å²) in [6.07, 6.45) is 2.08. The number of rotatable bonds is 2. The number of piperidine rings is 1. The molecule has 1 heterocycles. The molecule has 1 aliphatic rings. The monoisotopic (exact) mass is 223 g/mol. The molecular formula is C12H18NOP. The fourth-order valence-corrected chi connectivity index (χ4v) is 2.54. The van der Waals surface area contributed by atoms with Gasteiger partial charge in [0.15, 0.2) is 0 Å². The van der Waals surface area contributed by atoms with Crippen LogP contribution in [0.1, 0.15) is 18.4 Å². The van der Waals surface area contributed by atoms with Crippen molar-refractivity contribution >= 4 is 9.39 Å². The molecule has 0 aliphatic carbocycles. The summed E-state index contributed by atoms with van der Waals surface area (Å²) in [7, 11) is 2.74. The van der Waals surface area contributed by atoms with Crippen LogP contribution >= 0.6 is 9.39 Å². The average Bonchev–Trinajstić information content (AvgIpc) is 2.32. The maximum absolute atomic E-state index is 9.66. The first-order chi connectivity index (χ1) is 7.27. The molecule has 0 saturated carbocycles. The highest BCUT2D eigenvalue weighted by Gasteiger charge is 2.34. The smallest absolute Gasteiger partial charge is 0.0528 e. The van der Waals surface area contributed by atoms with Gasteiger partial charge >= 0.3 is 0 Å². The van der Waals surface area contributed by atoms with Gasteiger partial charge in [-0.2, -0.15) is 0 Å². The van der Waals surface area contributed by atoms with Crippen LogP contribution in [0.15, 0.2) is 30.3 Å². The SMILES string of the molecule is OCC1(c2ccccc2)CCN(P)CC1. The summed E-state index contributed by atoms with van der Waals surface area (Å²) >= 11 is 0. The van der Waals surface area contributed by atoms with E-state index < -0.39 is 0 Å². The van der Waals surface area contributed by atoms with Gasteiger partial charge in [-0.15, -0.1) is 0 Å². The molecule has 2 nitrogen and oxygen atoms in total. The third-order valence-electron chi connectivity index (χ3n) is 3.44. The topological polar surface area (TPSA) is 23.5 Å². The molecule has 1 aromatic rings. The summed E-state index contributed by atoms with van der Waals surface area (Å²) in [5.74, 6) is 0. The molecule has 82 valence electrons. The summed E-state index contributed by atoms with van der Waals surface area (Å²) in [6, 6.07) is 10.4. The van der Waals surface area contributed by atoms with Crippen LogP contribution in [-0.4, -0.2) is 29.5 Å². The number of benzene rings is 1. The highest BCUT2D eigenvalue weighted by atomic mass is 31.0. The van der Waals surface area contributed by atoms with Crippen molar-refractivity contribution < 1.29 is 5.11 Å². The van der Waals surface area contributed by atoms with Crippen LogP contribution in [-0.2, 0) is 5.41 Å². The zero-order valence-electron chi connectivity index (χ0n) is 8.89. The normalized spacial score (nSPS) is 21.5. The van der Waals surface area contributed by atoms with Crippen molar-refractivity contribution in [3.63, 3.8) is 0 Å². The Labute approximate surface area is 93.6 Å². The Bertz CT molecular complexity index is 307. The van der Waals surface area contributed by atoms with Gasteiger partial charge in [-0.05, 0) is 18.4 Å². The fourth-order valence-electron chi connectivity index (χ4n) is 2.28. The Balaban J connectivity index is 2.23. The van der Waals surface area contributed by atoms with Crippen LogP contribution in [0.4, 0.5) is 0 Å². The van der Waals surface area contributed by atoms with Gasteiger partial charge in [-0.3, -0.25) is 4.67 Å². The maximum Gasteiger partial charge on any atom is 0.0528 e. The quantitative estimate of drug-likeness (QED) is 0.773. The molecule has 1 N–H and O–H groups in total. The van der Waals surface area contributed by atoms with Crippen molar-refractivity contribution in [2.45, 2.75) is 18.3 Å².